The highest BCUT2D eigenvalue weighted by Gasteiger charge is 2.22. The zero-order valence-corrected chi connectivity index (χ0v) is 19.0. The SMILES string of the molecule is Cc1cccn2c(=O)c3cc(C(=O)NC4CCCC4)c(=N)n(CCN4CCOCC4)c3nc12. The van der Waals surface area contributed by atoms with Gasteiger partial charge in [0.1, 0.15) is 16.8 Å². The van der Waals surface area contributed by atoms with E-state index in [-0.39, 0.29) is 28.6 Å². The van der Waals surface area contributed by atoms with Crippen molar-refractivity contribution < 1.29 is 9.53 Å². The number of fused-ring (bicyclic) bond motifs is 2. The zero-order valence-electron chi connectivity index (χ0n) is 19.0. The lowest BCUT2D eigenvalue weighted by molar-refractivity contribution is 0.0363. The number of carbonyl (C=O) groups excluding carboxylic acids is 1. The smallest absolute Gasteiger partial charge is 0.267 e. The van der Waals surface area contributed by atoms with Gasteiger partial charge < -0.3 is 14.6 Å². The van der Waals surface area contributed by atoms with Crippen molar-refractivity contribution in [3.05, 3.63) is 51.4 Å². The topological polar surface area (TPSA) is 105 Å². The van der Waals surface area contributed by atoms with Gasteiger partial charge in [-0.15, -0.1) is 0 Å². The van der Waals surface area contributed by atoms with Crippen molar-refractivity contribution >= 4 is 22.6 Å². The van der Waals surface area contributed by atoms with Crippen molar-refractivity contribution in [2.45, 2.75) is 45.2 Å². The Bertz CT molecular complexity index is 1320. The summed E-state index contributed by atoms with van der Waals surface area (Å²) < 4.78 is 8.69. The lowest BCUT2D eigenvalue weighted by Gasteiger charge is -2.27. The third-order valence-corrected chi connectivity index (χ3v) is 6.81. The van der Waals surface area contributed by atoms with Crippen molar-refractivity contribution in [1.82, 2.24) is 24.2 Å². The van der Waals surface area contributed by atoms with Gasteiger partial charge >= 0.3 is 0 Å². The van der Waals surface area contributed by atoms with Gasteiger partial charge in [0.05, 0.1) is 24.2 Å². The van der Waals surface area contributed by atoms with Gasteiger partial charge in [0.15, 0.2) is 0 Å². The van der Waals surface area contributed by atoms with E-state index in [0.717, 1.165) is 44.3 Å². The van der Waals surface area contributed by atoms with Crippen molar-refractivity contribution in [2.75, 3.05) is 32.8 Å². The van der Waals surface area contributed by atoms with Crippen LogP contribution in [-0.2, 0) is 11.3 Å². The predicted molar refractivity (Wildman–Crippen MR) is 125 cm³/mol. The molecule has 1 aliphatic heterocycles. The van der Waals surface area contributed by atoms with Gasteiger partial charge in [-0.25, -0.2) is 4.98 Å². The van der Waals surface area contributed by atoms with Gasteiger partial charge in [-0.1, -0.05) is 18.9 Å². The molecule has 0 spiro atoms. The molecule has 0 atom stereocenters. The number of morpholine rings is 1. The molecule has 1 saturated carbocycles. The molecule has 2 N–H and O–H groups in total. The van der Waals surface area contributed by atoms with Gasteiger partial charge in [-0.2, -0.15) is 0 Å². The van der Waals surface area contributed by atoms with E-state index in [1.165, 1.54) is 4.40 Å². The van der Waals surface area contributed by atoms with Crippen molar-refractivity contribution in [1.29, 1.82) is 5.41 Å². The average molecular weight is 451 g/mol. The number of hydrogen-bond acceptors (Lipinski definition) is 6. The van der Waals surface area contributed by atoms with Crippen molar-refractivity contribution in [3.8, 4) is 0 Å². The molecule has 3 aromatic rings. The summed E-state index contributed by atoms with van der Waals surface area (Å²) in [6, 6.07) is 5.41. The number of hydrogen-bond donors (Lipinski definition) is 2. The van der Waals surface area contributed by atoms with Crippen LogP contribution in [0.2, 0.25) is 0 Å². The first-order valence-electron chi connectivity index (χ1n) is 11.7. The van der Waals surface area contributed by atoms with Crippen molar-refractivity contribution in [3.63, 3.8) is 0 Å². The molecule has 174 valence electrons. The summed E-state index contributed by atoms with van der Waals surface area (Å²) in [7, 11) is 0. The Balaban J connectivity index is 1.64. The Morgan fingerprint density at radius 2 is 1.97 bits per heavy atom. The molecule has 0 bridgehead atoms. The summed E-state index contributed by atoms with van der Waals surface area (Å²) in [6.45, 7) is 6.10. The van der Waals surface area contributed by atoms with E-state index in [2.05, 4.69) is 10.2 Å². The van der Waals surface area contributed by atoms with Crippen LogP contribution in [0, 0.1) is 12.3 Å². The average Bonchev–Trinajstić information content (AvgIpc) is 3.33. The molecule has 0 radical (unpaired) electrons. The maximum atomic E-state index is 13.4. The monoisotopic (exact) mass is 450 g/mol. The lowest BCUT2D eigenvalue weighted by Crippen LogP contribution is -2.41. The molecule has 33 heavy (non-hydrogen) atoms. The summed E-state index contributed by atoms with van der Waals surface area (Å²) in [5.41, 5.74) is 1.99. The van der Waals surface area contributed by atoms with Gasteiger partial charge in [-0.3, -0.25) is 24.3 Å². The Hall–Kier alpha value is -3.04. The Morgan fingerprint density at radius 3 is 2.73 bits per heavy atom. The van der Waals surface area contributed by atoms with Gasteiger partial charge in [-0.05, 0) is 37.5 Å². The highest BCUT2D eigenvalue weighted by atomic mass is 16.5. The van der Waals surface area contributed by atoms with Crippen LogP contribution in [-0.4, -0.2) is 63.6 Å². The fourth-order valence-corrected chi connectivity index (χ4v) is 4.89. The maximum absolute atomic E-state index is 13.4. The first kappa shape index (κ1) is 21.8. The largest absolute Gasteiger partial charge is 0.379 e. The van der Waals surface area contributed by atoms with E-state index >= 15 is 0 Å². The second kappa shape index (κ2) is 9.07. The van der Waals surface area contributed by atoms with Crippen LogP contribution >= 0.6 is 0 Å². The molecule has 1 amide bonds. The molecule has 3 aromatic heterocycles. The lowest BCUT2D eigenvalue weighted by atomic mass is 10.1. The minimum absolute atomic E-state index is 0.0936. The third-order valence-electron chi connectivity index (χ3n) is 6.81. The summed E-state index contributed by atoms with van der Waals surface area (Å²) in [5.74, 6) is -0.289. The molecule has 9 nitrogen and oxygen atoms in total. The van der Waals surface area contributed by atoms with Crippen LogP contribution in [0.4, 0.5) is 0 Å². The summed E-state index contributed by atoms with van der Waals surface area (Å²) in [5, 5.41) is 12.3. The van der Waals surface area contributed by atoms with Crippen LogP contribution in [0.1, 0.15) is 41.6 Å². The third kappa shape index (κ3) is 4.18. The predicted octanol–water partition coefficient (Wildman–Crippen LogP) is 1.44. The molecular weight excluding hydrogens is 420 g/mol. The highest BCUT2D eigenvalue weighted by molar-refractivity contribution is 5.97. The number of amides is 1. The number of aryl methyl sites for hydroxylation is 1. The molecule has 1 aliphatic carbocycles. The molecule has 2 fully saturated rings. The van der Waals surface area contributed by atoms with Crippen LogP contribution < -0.4 is 16.4 Å². The Kier molecular flexibility index (Phi) is 5.99. The van der Waals surface area contributed by atoms with E-state index in [0.29, 0.717) is 43.0 Å². The summed E-state index contributed by atoms with van der Waals surface area (Å²) in [4.78, 5) is 33.6. The second-order valence-corrected chi connectivity index (χ2v) is 9.01. The van der Waals surface area contributed by atoms with Gasteiger partial charge in [0, 0.05) is 38.4 Å². The van der Waals surface area contributed by atoms with E-state index in [1.807, 2.05) is 19.1 Å². The minimum atomic E-state index is -0.289. The summed E-state index contributed by atoms with van der Waals surface area (Å²) >= 11 is 0. The first-order valence-corrected chi connectivity index (χ1v) is 11.7. The normalized spacial score (nSPS) is 17.7. The minimum Gasteiger partial charge on any atom is -0.379 e. The number of aromatic nitrogens is 3. The van der Waals surface area contributed by atoms with Crippen LogP contribution in [0.5, 0.6) is 0 Å². The number of nitrogens with zero attached hydrogens (tertiary/aromatic N) is 4. The number of carbonyl (C=O) groups is 1. The molecule has 0 unspecified atom stereocenters. The molecule has 2 aliphatic rings. The standard InChI is InChI=1S/C24H30N6O3/c1-16-5-4-8-30-21(16)27-22-19(24(30)32)15-18(23(31)26-17-6-2-3-7-17)20(25)29(22)10-9-28-11-13-33-14-12-28/h4-5,8,15,17,25H,2-3,6-7,9-14H2,1H3,(H,26,31). The molecule has 1 saturated heterocycles. The second-order valence-electron chi connectivity index (χ2n) is 9.01. The Labute approximate surface area is 191 Å². The number of ether oxygens (including phenoxy) is 1. The van der Waals surface area contributed by atoms with Crippen LogP contribution in [0.3, 0.4) is 0 Å². The summed E-state index contributed by atoms with van der Waals surface area (Å²) in [6.07, 6.45) is 5.82. The van der Waals surface area contributed by atoms with E-state index in [9.17, 15) is 9.59 Å². The zero-order chi connectivity index (χ0) is 22.9. The fourth-order valence-electron chi connectivity index (χ4n) is 4.89. The van der Waals surface area contributed by atoms with Crippen LogP contribution in [0.25, 0.3) is 16.7 Å². The maximum Gasteiger partial charge on any atom is 0.267 e. The molecule has 0 aromatic carbocycles. The first-order chi connectivity index (χ1) is 16.0. The van der Waals surface area contributed by atoms with E-state index in [4.69, 9.17) is 15.1 Å². The molecule has 9 heteroatoms. The number of nitrogens with one attached hydrogen (secondary N) is 2. The van der Waals surface area contributed by atoms with Crippen LogP contribution in [0.15, 0.2) is 29.2 Å². The number of pyridine rings is 2. The number of rotatable bonds is 5. The molecular formula is C24H30N6O3. The van der Waals surface area contributed by atoms with Gasteiger partial charge in [0.2, 0.25) is 0 Å². The van der Waals surface area contributed by atoms with E-state index < -0.39 is 0 Å². The quantitative estimate of drug-likeness (QED) is 0.573. The van der Waals surface area contributed by atoms with Gasteiger partial charge in [0.25, 0.3) is 11.5 Å². The Morgan fingerprint density at radius 1 is 1.21 bits per heavy atom. The molecule has 4 heterocycles. The van der Waals surface area contributed by atoms with E-state index in [1.54, 1.807) is 16.8 Å². The molecule has 5 rings (SSSR count). The fraction of sp³-hybridized carbons (Fsp3) is 0.500. The highest BCUT2D eigenvalue weighted by Crippen LogP contribution is 2.18. The van der Waals surface area contributed by atoms with Crippen molar-refractivity contribution in [2.24, 2.45) is 0 Å².